The quantitative estimate of drug-likeness (QED) is 0.487. The molecule has 1 saturated heterocycles. The van der Waals surface area contributed by atoms with Crippen LogP contribution in [-0.2, 0) is 4.74 Å². The van der Waals surface area contributed by atoms with E-state index in [9.17, 15) is 10.2 Å². The van der Waals surface area contributed by atoms with Crippen LogP contribution in [0.5, 0.6) is 0 Å². The van der Waals surface area contributed by atoms with Crippen molar-refractivity contribution >= 4 is 33.9 Å². The van der Waals surface area contributed by atoms with Crippen LogP contribution < -0.4 is 5.73 Å². The molecule has 20 heavy (non-hydrogen) atoms. The van der Waals surface area contributed by atoms with E-state index < -0.39 is 24.4 Å². The molecule has 9 heteroatoms. The molecule has 2 aromatic rings. The highest BCUT2D eigenvalue weighted by Crippen LogP contribution is 2.36. The summed E-state index contributed by atoms with van der Waals surface area (Å²) in [7, 11) is 0. The topological polar surface area (TPSA) is 126 Å². The van der Waals surface area contributed by atoms with Gasteiger partial charge >= 0.3 is 0 Å². The van der Waals surface area contributed by atoms with E-state index in [4.69, 9.17) is 15.6 Å². The number of aliphatic hydroxyl groups is 3. The highest BCUT2D eigenvalue weighted by molar-refractivity contribution is 14.1. The zero-order valence-electron chi connectivity index (χ0n) is 10.2. The van der Waals surface area contributed by atoms with E-state index >= 15 is 0 Å². The summed E-state index contributed by atoms with van der Waals surface area (Å²) in [5, 5.41) is 33.1. The van der Waals surface area contributed by atoms with Crippen molar-refractivity contribution in [3.63, 3.8) is 0 Å². The molecule has 8 nitrogen and oxygen atoms in total. The van der Waals surface area contributed by atoms with Crippen LogP contribution in [0.3, 0.4) is 0 Å². The van der Waals surface area contributed by atoms with Crippen LogP contribution in [0.25, 0.3) is 5.52 Å². The molecule has 1 aliphatic heterocycles. The normalized spacial score (nSPS) is 30.2. The maximum Gasteiger partial charge on any atom is 0.152 e. The van der Waals surface area contributed by atoms with Crippen molar-refractivity contribution in [1.29, 1.82) is 0 Å². The van der Waals surface area contributed by atoms with E-state index in [1.807, 2.05) is 0 Å². The van der Waals surface area contributed by atoms with Gasteiger partial charge in [-0.2, -0.15) is 5.10 Å². The first-order valence-electron chi connectivity index (χ1n) is 5.94. The Labute approximate surface area is 127 Å². The lowest BCUT2D eigenvalue weighted by Gasteiger charge is -2.14. The fraction of sp³-hybridized carbons (Fsp3) is 0.455. The molecule has 0 aromatic carbocycles. The van der Waals surface area contributed by atoms with Crippen molar-refractivity contribution in [2.45, 2.75) is 24.4 Å². The molecule has 0 amide bonds. The molecule has 0 bridgehead atoms. The first-order valence-corrected chi connectivity index (χ1v) is 7.02. The number of nitrogens with zero attached hydrogens (tertiary/aromatic N) is 3. The molecule has 108 valence electrons. The van der Waals surface area contributed by atoms with Gasteiger partial charge in [0.25, 0.3) is 0 Å². The van der Waals surface area contributed by atoms with Crippen LogP contribution in [-0.4, -0.2) is 54.8 Å². The molecule has 0 aliphatic carbocycles. The minimum atomic E-state index is -1.15. The van der Waals surface area contributed by atoms with Gasteiger partial charge < -0.3 is 25.8 Å². The Morgan fingerprint density at radius 1 is 1.40 bits per heavy atom. The molecule has 1 fully saturated rings. The molecule has 4 atom stereocenters. The molecule has 5 N–H and O–H groups in total. The number of fused-ring (bicyclic) bond motifs is 1. The van der Waals surface area contributed by atoms with Crippen molar-refractivity contribution in [3.8, 4) is 0 Å². The zero-order chi connectivity index (χ0) is 14.4. The minimum Gasteiger partial charge on any atom is -0.394 e. The molecular weight excluding hydrogens is 379 g/mol. The minimum absolute atomic E-state index is 0.322. The highest BCUT2D eigenvalue weighted by atomic mass is 127. The Bertz CT molecular complexity index is 649. The van der Waals surface area contributed by atoms with Gasteiger partial charge in [-0.1, -0.05) is 0 Å². The Balaban J connectivity index is 2.10. The predicted octanol–water partition coefficient (Wildman–Crippen LogP) is -0.930. The maximum atomic E-state index is 10.1. The van der Waals surface area contributed by atoms with E-state index in [0.29, 0.717) is 17.0 Å². The summed E-state index contributed by atoms with van der Waals surface area (Å²) < 4.78 is 7.85. The van der Waals surface area contributed by atoms with Gasteiger partial charge in [-0.3, -0.25) is 0 Å². The Kier molecular flexibility index (Phi) is 3.54. The predicted molar refractivity (Wildman–Crippen MR) is 76.8 cm³/mol. The average molecular weight is 392 g/mol. The van der Waals surface area contributed by atoms with Crippen LogP contribution in [0.15, 0.2) is 12.4 Å². The SMILES string of the molecule is Nc1ncnn2c([C@@H]3O[C@H](CO)[C@@H](O)[C@H]3O)cc(I)c12. The summed E-state index contributed by atoms with van der Waals surface area (Å²) >= 11 is 2.09. The van der Waals surface area contributed by atoms with Gasteiger partial charge in [0, 0.05) is 3.57 Å². The van der Waals surface area contributed by atoms with E-state index in [-0.39, 0.29) is 6.61 Å². The number of ether oxygens (including phenoxy) is 1. The molecule has 0 radical (unpaired) electrons. The largest absolute Gasteiger partial charge is 0.394 e. The van der Waals surface area contributed by atoms with E-state index in [1.54, 1.807) is 6.07 Å². The third-order valence-electron chi connectivity index (χ3n) is 3.40. The third-order valence-corrected chi connectivity index (χ3v) is 4.22. The Morgan fingerprint density at radius 2 is 2.15 bits per heavy atom. The maximum absolute atomic E-state index is 10.1. The second-order valence-electron chi connectivity index (χ2n) is 4.58. The van der Waals surface area contributed by atoms with Crippen LogP contribution >= 0.6 is 22.6 Å². The number of hydrogen-bond acceptors (Lipinski definition) is 7. The van der Waals surface area contributed by atoms with E-state index in [1.165, 1.54) is 10.8 Å². The monoisotopic (exact) mass is 392 g/mol. The summed E-state index contributed by atoms with van der Waals surface area (Å²) in [5.41, 5.74) is 7.00. The second-order valence-corrected chi connectivity index (χ2v) is 5.74. The first-order chi connectivity index (χ1) is 9.54. The summed E-state index contributed by atoms with van der Waals surface area (Å²) in [6.45, 7) is -0.369. The lowest BCUT2D eigenvalue weighted by Crippen LogP contribution is -2.32. The number of aliphatic hydroxyl groups excluding tert-OH is 3. The third kappa shape index (κ3) is 1.97. The molecular formula is C11H13IN4O4. The van der Waals surface area contributed by atoms with E-state index in [2.05, 4.69) is 32.7 Å². The zero-order valence-corrected chi connectivity index (χ0v) is 12.4. The van der Waals surface area contributed by atoms with Gasteiger partial charge in [0.05, 0.1) is 12.3 Å². The molecule has 3 heterocycles. The van der Waals surface area contributed by atoms with Crippen LogP contribution in [0, 0.1) is 3.57 Å². The van der Waals surface area contributed by atoms with Gasteiger partial charge in [0.15, 0.2) is 5.82 Å². The fourth-order valence-corrected chi connectivity index (χ4v) is 3.22. The first kappa shape index (κ1) is 13.9. The molecule has 2 aromatic heterocycles. The number of anilines is 1. The molecule has 0 spiro atoms. The number of nitrogen functional groups attached to an aromatic ring is 1. The summed E-state index contributed by atoms with van der Waals surface area (Å²) in [6, 6.07) is 1.77. The highest BCUT2D eigenvalue weighted by Gasteiger charge is 2.44. The van der Waals surface area contributed by atoms with Crippen molar-refractivity contribution in [2.75, 3.05) is 12.3 Å². The summed E-state index contributed by atoms with van der Waals surface area (Å²) in [4.78, 5) is 3.92. The van der Waals surface area contributed by atoms with E-state index in [0.717, 1.165) is 3.57 Å². The molecule has 3 rings (SSSR count). The van der Waals surface area contributed by atoms with Gasteiger partial charge in [0.1, 0.15) is 36.3 Å². The van der Waals surface area contributed by atoms with Gasteiger partial charge in [-0.25, -0.2) is 9.50 Å². The fourth-order valence-electron chi connectivity index (χ4n) is 2.39. The average Bonchev–Trinajstić information content (AvgIpc) is 2.90. The van der Waals surface area contributed by atoms with Crippen LogP contribution in [0.1, 0.15) is 11.8 Å². The second kappa shape index (κ2) is 5.07. The summed E-state index contributed by atoms with van der Waals surface area (Å²) in [5.74, 6) is 0.322. The molecule has 0 unspecified atom stereocenters. The Hall–Kier alpha value is -1.01. The van der Waals surface area contributed by atoms with Crippen molar-refractivity contribution in [1.82, 2.24) is 14.6 Å². The molecule has 1 aliphatic rings. The number of nitrogens with two attached hydrogens (primary N) is 1. The number of hydrogen-bond donors (Lipinski definition) is 4. The number of aromatic nitrogens is 3. The lowest BCUT2D eigenvalue weighted by molar-refractivity contribution is -0.0244. The van der Waals surface area contributed by atoms with Crippen molar-refractivity contribution in [2.24, 2.45) is 0 Å². The van der Waals surface area contributed by atoms with Crippen LogP contribution in [0.4, 0.5) is 5.82 Å². The van der Waals surface area contributed by atoms with Crippen LogP contribution in [0.2, 0.25) is 0 Å². The van der Waals surface area contributed by atoms with Crippen molar-refractivity contribution in [3.05, 3.63) is 21.7 Å². The standard InChI is InChI=1S/C11H13IN4O4/c12-4-1-5(16-7(4)11(13)14-3-15-16)10-9(19)8(18)6(2-17)20-10/h1,3,6,8-10,17-19H,2H2,(H2,13,14,15)/t6-,8-,9-,10+/m1/s1. The lowest BCUT2D eigenvalue weighted by atomic mass is 10.1. The van der Waals surface area contributed by atoms with Gasteiger partial charge in [0.2, 0.25) is 0 Å². The molecule has 0 saturated carbocycles. The van der Waals surface area contributed by atoms with Gasteiger partial charge in [-0.15, -0.1) is 0 Å². The van der Waals surface area contributed by atoms with Crippen molar-refractivity contribution < 1.29 is 20.1 Å². The Morgan fingerprint density at radius 3 is 2.80 bits per heavy atom. The number of rotatable bonds is 2. The number of halogens is 1. The smallest absolute Gasteiger partial charge is 0.152 e. The summed E-state index contributed by atoms with van der Waals surface area (Å²) in [6.07, 6.45) is -2.59. The van der Waals surface area contributed by atoms with Gasteiger partial charge in [-0.05, 0) is 28.7 Å².